The number of furan rings is 1. The molecule has 0 atom stereocenters. The van der Waals surface area contributed by atoms with Crippen molar-refractivity contribution in [2.45, 2.75) is 20.3 Å². The highest BCUT2D eigenvalue weighted by Crippen LogP contribution is 2.21. The van der Waals surface area contributed by atoms with Crippen molar-refractivity contribution in [3.8, 4) is 0 Å². The molecule has 2 rings (SSSR count). The molecule has 0 bridgehead atoms. The van der Waals surface area contributed by atoms with Gasteiger partial charge >= 0.3 is 0 Å². The van der Waals surface area contributed by atoms with Gasteiger partial charge in [0.2, 0.25) is 5.91 Å². The van der Waals surface area contributed by atoms with Gasteiger partial charge in [0.05, 0.1) is 6.26 Å². The molecule has 0 fully saturated rings. The smallest absolute Gasteiger partial charge is 0.291 e. The first-order chi connectivity index (χ1) is 9.60. The van der Waals surface area contributed by atoms with Crippen molar-refractivity contribution in [2.75, 3.05) is 10.6 Å². The third kappa shape index (κ3) is 3.26. The SMILES string of the molecule is CCC(=O)Nc1ccc(C)c(NC(=O)c2ccco2)c1. The Labute approximate surface area is 117 Å². The number of carbonyl (C=O) groups is 2. The second-order valence-electron chi connectivity index (χ2n) is 4.36. The van der Waals surface area contributed by atoms with Crippen LogP contribution in [0.5, 0.6) is 0 Å². The largest absolute Gasteiger partial charge is 0.459 e. The van der Waals surface area contributed by atoms with Gasteiger partial charge in [0.15, 0.2) is 5.76 Å². The van der Waals surface area contributed by atoms with E-state index in [0.717, 1.165) is 5.56 Å². The second kappa shape index (κ2) is 6.06. The van der Waals surface area contributed by atoms with E-state index in [4.69, 9.17) is 4.42 Å². The fourth-order valence-corrected chi connectivity index (χ4v) is 1.68. The lowest BCUT2D eigenvalue weighted by molar-refractivity contribution is -0.115. The van der Waals surface area contributed by atoms with Gasteiger partial charge in [0.1, 0.15) is 0 Å². The average Bonchev–Trinajstić information content (AvgIpc) is 2.96. The predicted octanol–water partition coefficient (Wildman–Crippen LogP) is 3.19. The summed E-state index contributed by atoms with van der Waals surface area (Å²) in [5, 5.41) is 5.51. The highest BCUT2D eigenvalue weighted by atomic mass is 16.3. The van der Waals surface area contributed by atoms with Crippen molar-refractivity contribution in [3.63, 3.8) is 0 Å². The van der Waals surface area contributed by atoms with Gasteiger partial charge in [-0.15, -0.1) is 0 Å². The van der Waals surface area contributed by atoms with Crippen molar-refractivity contribution in [3.05, 3.63) is 47.9 Å². The first kappa shape index (κ1) is 13.9. The van der Waals surface area contributed by atoms with E-state index in [9.17, 15) is 9.59 Å². The number of hydrogen-bond donors (Lipinski definition) is 2. The number of nitrogens with one attached hydrogen (secondary N) is 2. The van der Waals surface area contributed by atoms with Gasteiger partial charge in [0, 0.05) is 17.8 Å². The molecular weight excluding hydrogens is 256 g/mol. The van der Waals surface area contributed by atoms with Crippen molar-refractivity contribution in [1.82, 2.24) is 0 Å². The molecule has 0 aliphatic heterocycles. The zero-order valence-corrected chi connectivity index (χ0v) is 11.4. The van der Waals surface area contributed by atoms with E-state index in [1.807, 2.05) is 13.0 Å². The molecule has 1 aromatic carbocycles. The summed E-state index contributed by atoms with van der Waals surface area (Å²) in [5.41, 5.74) is 2.19. The van der Waals surface area contributed by atoms with E-state index >= 15 is 0 Å². The van der Waals surface area contributed by atoms with Crippen molar-refractivity contribution < 1.29 is 14.0 Å². The lowest BCUT2D eigenvalue weighted by Gasteiger charge is -2.10. The highest BCUT2D eigenvalue weighted by Gasteiger charge is 2.11. The van der Waals surface area contributed by atoms with Crippen molar-refractivity contribution >= 4 is 23.2 Å². The molecule has 5 heteroatoms. The van der Waals surface area contributed by atoms with Crippen molar-refractivity contribution in [2.24, 2.45) is 0 Å². The van der Waals surface area contributed by atoms with Gasteiger partial charge in [-0.25, -0.2) is 0 Å². The third-order valence-corrected chi connectivity index (χ3v) is 2.84. The molecule has 5 nitrogen and oxygen atoms in total. The Kier molecular flexibility index (Phi) is 4.20. The van der Waals surface area contributed by atoms with Crippen LogP contribution in [0.3, 0.4) is 0 Å². The third-order valence-electron chi connectivity index (χ3n) is 2.84. The molecule has 0 aliphatic rings. The molecule has 0 radical (unpaired) electrons. The molecule has 2 amide bonds. The lowest BCUT2D eigenvalue weighted by Crippen LogP contribution is -2.13. The fourth-order valence-electron chi connectivity index (χ4n) is 1.68. The Morgan fingerprint density at radius 2 is 2.00 bits per heavy atom. The zero-order chi connectivity index (χ0) is 14.5. The first-order valence-corrected chi connectivity index (χ1v) is 6.35. The Morgan fingerprint density at radius 1 is 1.20 bits per heavy atom. The Morgan fingerprint density at radius 3 is 2.65 bits per heavy atom. The molecular formula is C15H16N2O3. The molecule has 0 aliphatic carbocycles. The topological polar surface area (TPSA) is 71.3 Å². The number of amides is 2. The summed E-state index contributed by atoms with van der Waals surface area (Å²) in [7, 11) is 0. The van der Waals surface area contributed by atoms with Crippen LogP contribution in [0.2, 0.25) is 0 Å². The summed E-state index contributed by atoms with van der Waals surface area (Å²) in [6.45, 7) is 3.66. The van der Waals surface area contributed by atoms with Crippen LogP contribution >= 0.6 is 0 Å². The molecule has 1 heterocycles. The summed E-state index contributed by atoms with van der Waals surface area (Å²) in [6.07, 6.45) is 1.85. The summed E-state index contributed by atoms with van der Waals surface area (Å²) < 4.78 is 5.04. The van der Waals surface area contributed by atoms with Crippen LogP contribution in [0.15, 0.2) is 41.0 Å². The molecule has 1 aromatic heterocycles. The molecule has 20 heavy (non-hydrogen) atoms. The molecule has 0 saturated carbocycles. The minimum atomic E-state index is -0.322. The van der Waals surface area contributed by atoms with Crippen LogP contribution in [0.1, 0.15) is 29.5 Å². The van der Waals surface area contributed by atoms with Crippen LogP contribution < -0.4 is 10.6 Å². The Hall–Kier alpha value is -2.56. The van der Waals surface area contributed by atoms with Gasteiger partial charge in [-0.05, 0) is 36.8 Å². The zero-order valence-electron chi connectivity index (χ0n) is 11.4. The van der Waals surface area contributed by atoms with Crippen LogP contribution in [-0.2, 0) is 4.79 Å². The fraction of sp³-hybridized carbons (Fsp3) is 0.200. The number of benzene rings is 1. The lowest BCUT2D eigenvalue weighted by atomic mass is 10.1. The summed E-state index contributed by atoms with van der Waals surface area (Å²) in [5.74, 6) is -0.151. The second-order valence-corrected chi connectivity index (χ2v) is 4.36. The molecule has 0 saturated heterocycles. The number of rotatable bonds is 4. The average molecular weight is 272 g/mol. The maximum absolute atomic E-state index is 11.9. The quantitative estimate of drug-likeness (QED) is 0.897. The molecule has 2 aromatic rings. The predicted molar refractivity (Wildman–Crippen MR) is 76.8 cm³/mol. The number of aryl methyl sites for hydroxylation is 1. The van der Waals surface area contributed by atoms with E-state index in [0.29, 0.717) is 17.8 Å². The van der Waals surface area contributed by atoms with Gasteiger partial charge in [-0.2, -0.15) is 0 Å². The Bertz CT molecular complexity index is 618. The summed E-state index contributed by atoms with van der Waals surface area (Å²) in [6, 6.07) is 8.60. The van der Waals surface area contributed by atoms with E-state index in [-0.39, 0.29) is 17.6 Å². The Balaban J connectivity index is 2.16. The molecule has 104 valence electrons. The number of hydrogen-bond acceptors (Lipinski definition) is 3. The monoisotopic (exact) mass is 272 g/mol. The van der Waals surface area contributed by atoms with E-state index in [1.165, 1.54) is 6.26 Å². The first-order valence-electron chi connectivity index (χ1n) is 6.35. The van der Waals surface area contributed by atoms with Gasteiger partial charge in [-0.1, -0.05) is 13.0 Å². The normalized spacial score (nSPS) is 10.1. The summed E-state index contributed by atoms with van der Waals surface area (Å²) in [4.78, 5) is 23.3. The molecule has 0 spiro atoms. The molecule has 2 N–H and O–H groups in total. The number of carbonyl (C=O) groups excluding carboxylic acids is 2. The van der Waals surface area contributed by atoms with Gasteiger partial charge < -0.3 is 15.1 Å². The standard InChI is InChI=1S/C15H16N2O3/c1-3-14(18)16-11-7-6-10(2)12(9-11)17-15(19)13-5-4-8-20-13/h4-9H,3H2,1-2H3,(H,16,18)(H,17,19). The van der Waals surface area contributed by atoms with Gasteiger partial charge in [0.25, 0.3) is 5.91 Å². The van der Waals surface area contributed by atoms with E-state index < -0.39 is 0 Å². The maximum atomic E-state index is 11.9. The van der Waals surface area contributed by atoms with Crippen LogP contribution in [0, 0.1) is 6.92 Å². The van der Waals surface area contributed by atoms with Crippen molar-refractivity contribution in [1.29, 1.82) is 0 Å². The highest BCUT2D eigenvalue weighted by molar-refractivity contribution is 6.03. The maximum Gasteiger partial charge on any atom is 0.291 e. The van der Waals surface area contributed by atoms with Crippen LogP contribution in [0.25, 0.3) is 0 Å². The number of anilines is 2. The van der Waals surface area contributed by atoms with Crippen LogP contribution in [0.4, 0.5) is 11.4 Å². The van der Waals surface area contributed by atoms with Gasteiger partial charge in [-0.3, -0.25) is 9.59 Å². The minimum Gasteiger partial charge on any atom is -0.459 e. The molecule has 0 unspecified atom stereocenters. The van der Waals surface area contributed by atoms with E-state index in [2.05, 4.69) is 10.6 Å². The van der Waals surface area contributed by atoms with Crippen LogP contribution in [-0.4, -0.2) is 11.8 Å². The summed E-state index contributed by atoms with van der Waals surface area (Å²) >= 11 is 0. The minimum absolute atomic E-state index is 0.0721. The van der Waals surface area contributed by atoms with E-state index in [1.54, 1.807) is 31.2 Å².